The van der Waals surface area contributed by atoms with Crippen molar-refractivity contribution in [1.29, 1.82) is 0 Å². The molecular formula is C23H30BrClN4O4. The molecule has 33 heavy (non-hydrogen) atoms. The second-order valence-electron chi connectivity index (χ2n) is 9.72. The van der Waals surface area contributed by atoms with Crippen LogP contribution in [0.3, 0.4) is 0 Å². The van der Waals surface area contributed by atoms with E-state index in [1.54, 1.807) is 32.3 Å². The molecular weight excluding hydrogens is 512 g/mol. The average molecular weight is 542 g/mol. The Labute approximate surface area is 206 Å². The van der Waals surface area contributed by atoms with Crippen LogP contribution in [0.25, 0.3) is 10.9 Å². The Morgan fingerprint density at radius 2 is 1.88 bits per heavy atom. The summed E-state index contributed by atoms with van der Waals surface area (Å²) in [6, 6.07) is 4.31. The van der Waals surface area contributed by atoms with Crippen LogP contribution >= 0.6 is 27.5 Å². The summed E-state index contributed by atoms with van der Waals surface area (Å²) in [5.41, 5.74) is 0.395. The van der Waals surface area contributed by atoms with Crippen LogP contribution in [-0.4, -0.2) is 69.5 Å². The van der Waals surface area contributed by atoms with Gasteiger partial charge in [0.15, 0.2) is 0 Å². The number of carbonyl (C=O) groups excluding carboxylic acids is 2. The number of benzene rings is 1. The Morgan fingerprint density at radius 1 is 1.21 bits per heavy atom. The van der Waals surface area contributed by atoms with Crippen LogP contribution in [0.1, 0.15) is 50.5 Å². The van der Waals surface area contributed by atoms with E-state index in [1.807, 2.05) is 20.8 Å². The first kappa shape index (κ1) is 25.4. The highest BCUT2D eigenvalue weighted by Crippen LogP contribution is 2.34. The molecule has 0 radical (unpaired) electrons. The van der Waals surface area contributed by atoms with E-state index in [1.165, 1.54) is 9.80 Å². The van der Waals surface area contributed by atoms with Gasteiger partial charge in [0.2, 0.25) is 5.91 Å². The van der Waals surface area contributed by atoms with Gasteiger partial charge in [-0.05, 0) is 74.2 Å². The van der Waals surface area contributed by atoms with E-state index in [4.69, 9.17) is 11.6 Å². The van der Waals surface area contributed by atoms with Gasteiger partial charge in [-0.2, -0.15) is 0 Å². The van der Waals surface area contributed by atoms with E-state index in [-0.39, 0.29) is 17.7 Å². The van der Waals surface area contributed by atoms with Gasteiger partial charge in [-0.1, -0.05) is 11.6 Å². The number of amides is 3. The number of carboxylic acid groups (broad SMARTS) is 1. The third-order valence-electron chi connectivity index (χ3n) is 6.11. The molecule has 10 heteroatoms. The molecule has 0 bridgehead atoms. The molecule has 180 valence electrons. The summed E-state index contributed by atoms with van der Waals surface area (Å²) in [5.74, 6) is -0.676. The van der Waals surface area contributed by atoms with E-state index in [0.717, 1.165) is 10.9 Å². The quantitative estimate of drug-likeness (QED) is 0.521. The van der Waals surface area contributed by atoms with E-state index in [2.05, 4.69) is 26.2 Å². The zero-order valence-corrected chi connectivity index (χ0v) is 21.7. The summed E-state index contributed by atoms with van der Waals surface area (Å²) < 4.78 is 0.594. The molecule has 1 saturated carbocycles. The molecule has 1 aliphatic carbocycles. The Bertz CT molecular complexity index is 1080. The molecule has 1 heterocycles. The monoisotopic (exact) mass is 540 g/mol. The maximum absolute atomic E-state index is 13.3. The van der Waals surface area contributed by atoms with Gasteiger partial charge in [0.1, 0.15) is 5.69 Å². The third kappa shape index (κ3) is 5.30. The highest BCUT2D eigenvalue weighted by atomic mass is 79.9. The first-order valence-corrected chi connectivity index (χ1v) is 12.0. The Kier molecular flexibility index (Phi) is 7.33. The highest BCUT2D eigenvalue weighted by molar-refractivity contribution is 9.10. The number of carbonyl (C=O) groups is 3. The number of rotatable bonds is 4. The van der Waals surface area contributed by atoms with Crippen LogP contribution in [0.4, 0.5) is 4.79 Å². The second kappa shape index (κ2) is 9.54. The normalized spacial score (nSPS) is 21.0. The van der Waals surface area contributed by atoms with E-state index < -0.39 is 23.7 Å². The topological polar surface area (TPSA) is 106 Å². The summed E-state index contributed by atoms with van der Waals surface area (Å²) in [6.45, 7) is 5.44. The van der Waals surface area contributed by atoms with E-state index in [9.17, 15) is 19.5 Å². The smallest absolute Gasteiger partial charge is 0.408 e. The van der Waals surface area contributed by atoms with Gasteiger partial charge in [-0.25, -0.2) is 4.79 Å². The van der Waals surface area contributed by atoms with Crippen LogP contribution in [0.2, 0.25) is 5.02 Å². The Morgan fingerprint density at radius 3 is 2.45 bits per heavy atom. The standard InChI is InChI=1S/C23H30BrClN4O4/c1-23(2,3)29(22(32)33)17-10-12(21(31)28(4)5)6-8-16(17)27-20(30)19-18(24)14-11-13(25)7-9-15(14)26-19/h7,9,11-12,16-17,26H,6,8,10H2,1-5H3,(H,27,30)(H,32,33)/t12-,16-,17+/m0/s1. The molecule has 2 aromatic rings. The number of aromatic nitrogens is 1. The summed E-state index contributed by atoms with van der Waals surface area (Å²) in [4.78, 5) is 44.2. The van der Waals surface area contributed by atoms with Gasteiger partial charge >= 0.3 is 6.09 Å². The number of hydrogen-bond acceptors (Lipinski definition) is 3. The fraction of sp³-hybridized carbons (Fsp3) is 0.522. The lowest BCUT2D eigenvalue weighted by atomic mass is 9.79. The largest absolute Gasteiger partial charge is 0.465 e. The van der Waals surface area contributed by atoms with Crippen molar-refractivity contribution in [3.05, 3.63) is 33.4 Å². The molecule has 3 N–H and O–H groups in total. The summed E-state index contributed by atoms with van der Waals surface area (Å²) in [5, 5.41) is 14.4. The van der Waals surface area contributed by atoms with Gasteiger partial charge in [0, 0.05) is 47.5 Å². The highest BCUT2D eigenvalue weighted by Gasteiger charge is 2.44. The van der Waals surface area contributed by atoms with Gasteiger partial charge in [-0.15, -0.1) is 0 Å². The molecule has 0 unspecified atom stereocenters. The maximum Gasteiger partial charge on any atom is 0.408 e. The molecule has 1 aromatic heterocycles. The minimum atomic E-state index is -1.08. The summed E-state index contributed by atoms with van der Waals surface area (Å²) in [6.07, 6.45) is 0.324. The number of nitrogens with one attached hydrogen (secondary N) is 2. The van der Waals surface area contributed by atoms with Crippen molar-refractivity contribution in [2.24, 2.45) is 5.92 Å². The number of fused-ring (bicyclic) bond motifs is 1. The van der Waals surface area contributed by atoms with Crippen molar-refractivity contribution < 1.29 is 19.5 Å². The molecule has 0 spiro atoms. The van der Waals surface area contributed by atoms with Gasteiger partial charge in [0.25, 0.3) is 5.91 Å². The zero-order chi connectivity index (χ0) is 24.7. The lowest BCUT2D eigenvalue weighted by molar-refractivity contribution is -0.135. The van der Waals surface area contributed by atoms with Crippen molar-refractivity contribution in [1.82, 2.24) is 20.1 Å². The molecule has 0 aliphatic heterocycles. The van der Waals surface area contributed by atoms with Crippen LogP contribution in [0, 0.1) is 5.92 Å². The van der Waals surface area contributed by atoms with Crippen LogP contribution in [-0.2, 0) is 4.79 Å². The van der Waals surface area contributed by atoms with Crippen LogP contribution in [0.15, 0.2) is 22.7 Å². The minimum absolute atomic E-state index is 0.0285. The number of hydrogen-bond donors (Lipinski definition) is 3. The fourth-order valence-electron chi connectivity index (χ4n) is 4.64. The lowest BCUT2D eigenvalue weighted by Gasteiger charge is -2.47. The van der Waals surface area contributed by atoms with Crippen molar-refractivity contribution in [2.45, 2.75) is 57.7 Å². The third-order valence-corrected chi connectivity index (χ3v) is 7.17. The van der Waals surface area contributed by atoms with Crippen molar-refractivity contribution >= 4 is 56.3 Å². The number of aromatic amines is 1. The molecule has 0 saturated heterocycles. The van der Waals surface area contributed by atoms with E-state index >= 15 is 0 Å². The minimum Gasteiger partial charge on any atom is -0.465 e. The summed E-state index contributed by atoms with van der Waals surface area (Å²) in [7, 11) is 3.40. The Hall–Kier alpha value is -2.26. The van der Waals surface area contributed by atoms with Crippen LogP contribution in [0.5, 0.6) is 0 Å². The molecule has 1 fully saturated rings. The van der Waals surface area contributed by atoms with Crippen molar-refractivity contribution in [3.63, 3.8) is 0 Å². The number of halogens is 2. The van der Waals surface area contributed by atoms with E-state index in [0.29, 0.717) is 34.5 Å². The van der Waals surface area contributed by atoms with Crippen molar-refractivity contribution in [2.75, 3.05) is 14.1 Å². The molecule has 1 aromatic carbocycles. The van der Waals surface area contributed by atoms with Gasteiger partial charge in [-0.3, -0.25) is 14.5 Å². The predicted molar refractivity (Wildman–Crippen MR) is 132 cm³/mol. The Balaban J connectivity index is 1.92. The molecule has 3 rings (SSSR count). The van der Waals surface area contributed by atoms with Crippen LogP contribution < -0.4 is 5.32 Å². The average Bonchev–Trinajstić information content (AvgIpc) is 3.03. The molecule has 3 atom stereocenters. The molecule has 3 amide bonds. The first-order chi connectivity index (χ1) is 15.3. The zero-order valence-electron chi connectivity index (χ0n) is 19.4. The first-order valence-electron chi connectivity index (χ1n) is 10.8. The number of H-pyrrole nitrogens is 1. The predicted octanol–water partition coefficient (Wildman–Crippen LogP) is 4.72. The lowest BCUT2D eigenvalue weighted by Crippen LogP contribution is -2.61. The molecule has 8 nitrogen and oxygen atoms in total. The molecule has 1 aliphatic rings. The number of nitrogens with zero attached hydrogens (tertiary/aromatic N) is 2. The second-order valence-corrected chi connectivity index (χ2v) is 10.9. The fourth-order valence-corrected chi connectivity index (χ4v) is 5.42. The maximum atomic E-state index is 13.3. The summed E-state index contributed by atoms with van der Waals surface area (Å²) >= 11 is 9.59. The van der Waals surface area contributed by atoms with Crippen molar-refractivity contribution in [3.8, 4) is 0 Å². The van der Waals surface area contributed by atoms with Gasteiger partial charge < -0.3 is 20.3 Å². The SMILES string of the molecule is CN(C)C(=O)[C@H]1CC[C@H](NC(=O)c2[nH]c3ccc(Cl)cc3c2Br)[C@H](N(C(=O)O)C(C)(C)C)C1. The van der Waals surface area contributed by atoms with Gasteiger partial charge in [0.05, 0.1) is 10.5 Å².